The van der Waals surface area contributed by atoms with Crippen LogP contribution in [0, 0.1) is 0 Å². The van der Waals surface area contributed by atoms with E-state index >= 15 is 0 Å². The van der Waals surface area contributed by atoms with Crippen molar-refractivity contribution in [2.45, 2.75) is 51.9 Å². The Balaban J connectivity index is 1.98. The number of benzene rings is 2. The molecule has 0 bridgehead atoms. The molecule has 2 aromatic carbocycles. The second kappa shape index (κ2) is 16.8. The second-order valence-electron chi connectivity index (χ2n) is 8.26. The van der Waals surface area contributed by atoms with Crippen molar-refractivity contribution < 1.29 is 38.1 Å². The van der Waals surface area contributed by atoms with Gasteiger partial charge in [-0.1, -0.05) is 45.6 Å². The lowest BCUT2D eigenvalue weighted by Crippen LogP contribution is -2.12. The molecule has 8 heteroatoms. The van der Waals surface area contributed by atoms with E-state index < -0.39 is 12.1 Å². The molecule has 0 aliphatic carbocycles. The Morgan fingerprint density at radius 2 is 1.46 bits per heavy atom. The van der Waals surface area contributed by atoms with E-state index in [0.717, 1.165) is 18.9 Å². The first-order chi connectivity index (χ1) is 18.0. The standard InChI is InChI=1S/C29H36O8/c1-4-6-7-8-9-10-18-35-24-16-17-25(26(21-24)37-29(32)33-3)28(31)22-12-14-23(15-13-22)34-19-11-20-36-27(30)5-2/h5,12-17,21H,2,4,6-11,18-20H2,1,3H3. The smallest absolute Gasteiger partial charge is 0.493 e. The van der Waals surface area contributed by atoms with E-state index in [2.05, 4.69) is 18.2 Å². The van der Waals surface area contributed by atoms with Crippen LogP contribution in [0.2, 0.25) is 0 Å². The van der Waals surface area contributed by atoms with Gasteiger partial charge >= 0.3 is 12.1 Å². The van der Waals surface area contributed by atoms with Crippen LogP contribution in [0.15, 0.2) is 55.1 Å². The average molecular weight is 513 g/mol. The van der Waals surface area contributed by atoms with Crippen LogP contribution in [0.5, 0.6) is 17.2 Å². The largest absolute Gasteiger partial charge is 0.513 e. The molecule has 0 atom stereocenters. The Labute approximate surface area is 218 Å². The normalized spacial score (nSPS) is 10.3. The minimum absolute atomic E-state index is 0.0618. The molecule has 0 saturated carbocycles. The van der Waals surface area contributed by atoms with E-state index in [1.807, 2.05) is 0 Å². The third-order valence-electron chi connectivity index (χ3n) is 5.41. The van der Waals surface area contributed by atoms with Gasteiger partial charge in [-0.15, -0.1) is 0 Å². The number of hydrogen-bond acceptors (Lipinski definition) is 8. The summed E-state index contributed by atoms with van der Waals surface area (Å²) in [6, 6.07) is 11.4. The number of esters is 1. The summed E-state index contributed by atoms with van der Waals surface area (Å²) in [7, 11) is 1.20. The summed E-state index contributed by atoms with van der Waals surface area (Å²) in [6.45, 7) is 6.63. The maximum absolute atomic E-state index is 13.2. The molecule has 0 heterocycles. The van der Waals surface area contributed by atoms with E-state index in [1.165, 1.54) is 38.9 Å². The SMILES string of the molecule is C=CC(=O)OCCCOc1ccc(C(=O)c2ccc(OCCCCCCCC)cc2OC(=O)OC)cc1. The molecule has 0 fully saturated rings. The van der Waals surface area contributed by atoms with Crippen LogP contribution in [0.1, 0.15) is 67.8 Å². The summed E-state index contributed by atoms with van der Waals surface area (Å²) in [4.78, 5) is 36.0. The maximum Gasteiger partial charge on any atom is 0.513 e. The van der Waals surface area contributed by atoms with Gasteiger partial charge in [0.2, 0.25) is 0 Å². The highest BCUT2D eigenvalue weighted by Gasteiger charge is 2.19. The first-order valence-electron chi connectivity index (χ1n) is 12.6. The van der Waals surface area contributed by atoms with E-state index in [4.69, 9.17) is 18.9 Å². The second-order valence-corrected chi connectivity index (χ2v) is 8.26. The molecular weight excluding hydrogens is 476 g/mol. The fraction of sp³-hybridized carbons (Fsp3) is 0.414. The molecular formula is C29H36O8. The Morgan fingerprint density at radius 1 is 0.811 bits per heavy atom. The quantitative estimate of drug-likeness (QED) is 0.0801. The molecule has 0 radical (unpaired) electrons. The minimum Gasteiger partial charge on any atom is -0.493 e. The summed E-state index contributed by atoms with van der Waals surface area (Å²) >= 11 is 0. The van der Waals surface area contributed by atoms with Crippen LogP contribution in [0.4, 0.5) is 4.79 Å². The minimum atomic E-state index is -0.926. The number of carbonyl (C=O) groups is 3. The number of hydrogen-bond donors (Lipinski definition) is 0. The van der Waals surface area contributed by atoms with Gasteiger partial charge in [0.15, 0.2) is 5.78 Å². The van der Waals surface area contributed by atoms with Gasteiger partial charge in [0, 0.05) is 24.1 Å². The van der Waals surface area contributed by atoms with Gasteiger partial charge in [-0.3, -0.25) is 4.79 Å². The van der Waals surface area contributed by atoms with Crippen LogP contribution >= 0.6 is 0 Å². The fourth-order valence-electron chi connectivity index (χ4n) is 3.41. The molecule has 8 nitrogen and oxygen atoms in total. The molecule has 2 rings (SSSR count). The van der Waals surface area contributed by atoms with Crippen LogP contribution in [0.25, 0.3) is 0 Å². The van der Waals surface area contributed by atoms with Crippen molar-refractivity contribution >= 4 is 17.9 Å². The van der Waals surface area contributed by atoms with E-state index in [-0.39, 0.29) is 23.7 Å². The van der Waals surface area contributed by atoms with Crippen LogP contribution in [-0.2, 0) is 14.3 Å². The average Bonchev–Trinajstić information content (AvgIpc) is 2.92. The zero-order chi connectivity index (χ0) is 26.9. The fourth-order valence-corrected chi connectivity index (χ4v) is 3.41. The summed E-state index contributed by atoms with van der Waals surface area (Å²) in [5, 5.41) is 0. The molecule has 0 amide bonds. The zero-order valence-electron chi connectivity index (χ0n) is 21.7. The zero-order valence-corrected chi connectivity index (χ0v) is 21.7. The third kappa shape index (κ3) is 10.8. The Bertz CT molecular complexity index is 1010. The van der Waals surface area contributed by atoms with Crippen molar-refractivity contribution in [3.63, 3.8) is 0 Å². The first-order valence-corrected chi connectivity index (χ1v) is 12.6. The highest BCUT2D eigenvalue weighted by Crippen LogP contribution is 2.28. The lowest BCUT2D eigenvalue weighted by Gasteiger charge is -2.12. The number of carbonyl (C=O) groups excluding carboxylic acids is 3. The summed E-state index contributed by atoms with van der Waals surface area (Å²) in [5.74, 6) is 0.328. The van der Waals surface area contributed by atoms with Gasteiger partial charge in [0.05, 0.1) is 32.5 Å². The molecule has 0 unspecified atom stereocenters. The Hall–Kier alpha value is -3.81. The van der Waals surface area contributed by atoms with Crippen molar-refractivity contribution in [1.29, 1.82) is 0 Å². The summed E-state index contributed by atoms with van der Waals surface area (Å²) in [6.07, 6.45) is 7.56. The van der Waals surface area contributed by atoms with Crippen LogP contribution in [0.3, 0.4) is 0 Å². The first kappa shape index (κ1) is 29.4. The van der Waals surface area contributed by atoms with E-state index in [9.17, 15) is 14.4 Å². The summed E-state index contributed by atoms with van der Waals surface area (Å²) < 4.78 is 26.2. The van der Waals surface area contributed by atoms with Crippen molar-refractivity contribution in [2.24, 2.45) is 0 Å². The number of methoxy groups -OCH3 is 1. The van der Waals surface area contributed by atoms with Gasteiger partial charge in [0.25, 0.3) is 0 Å². The highest BCUT2D eigenvalue weighted by atomic mass is 16.7. The molecule has 0 aliphatic heterocycles. The van der Waals surface area contributed by atoms with Crippen molar-refractivity contribution in [1.82, 2.24) is 0 Å². The molecule has 0 aromatic heterocycles. The van der Waals surface area contributed by atoms with E-state index in [1.54, 1.807) is 36.4 Å². The molecule has 2 aromatic rings. The van der Waals surface area contributed by atoms with Crippen molar-refractivity contribution in [3.05, 3.63) is 66.2 Å². The van der Waals surface area contributed by atoms with Gasteiger partial charge < -0.3 is 23.7 Å². The predicted molar refractivity (Wildman–Crippen MR) is 139 cm³/mol. The number of unbranched alkanes of at least 4 members (excludes halogenated alkanes) is 5. The Morgan fingerprint density at radius 3 is 2.16 bits per heavy atom. The highest BCUT2D eigenvalue weighted by molar-refractivity contribution is 6.11. The lowest BCUT2D eigenvalue weighted by atomic mass is 10.0. The summed E-state index contributed by atoms with van der Waals surface area (Å²) in [5.41, 5.74) is 0.595. The van der Waals surface area contributed by atoms with Gasteiger partial charge in [-0.2, -0.15) is 0 Å². The van der Waals surface area contributed by atoms with Gasteiger partial charge in [0.1, 0.15) is 17.2 Å². The Kier molecular flexibility index (Phi) is 13.3. The van der Waals surface area contributed by atoms with Crippen LogP contribution < -0.4 is 14.2 Å². The van der Waals surface area contributed by atoms with Crippen LogP contribution in [-0.4, -0.2) is 44.8 Å². The molecule has 0 spiro atoms. The number of ether oxygens (including phenoxy) is 5. The lowest BCUT2D eigenvalue weighted by molar-refractivity contribution is -0.137. The molecule has 37 heavy (non-hydrogen) atoms. The van der Waals surface area contributed by atoms with Gasteiger partial charge in [-0.25, -0.2) is 9.59 Å². The third-order valence-corrected chi connectivity index (χ3v) is 5.41. The van der Waals surface area contributed by atoms with Gasteiger partial charge in [-0.05, 0) is 42.8 Å². The van der Waals surface area contributed by atoms with E-state index in [0.29, 0.717) is 36.7 Å². The maximum atomic E-state index is 13.2. The number of rotatable bonds is 17. The van der Waals surface area contributed by atoms with Crippen molar-refractivity contribution in [3.8, 4) is 17.2 Å². The topological polar surface area (TPSA) is 97.4 Å². The number of ketones is 1. The molecule has 0 N–H and O–H groups in total. The molecule has 0 saturated heterocycles. The predicted octanol–water partition coefficient (Wildman–Crippen LogP) is 6.30. The molecule has 200 valence electrons. The molecule has 0 aliphatic rings. The van der Waals surface area contributed by atoms with Crippen molar-refractivity contribution in [2.75, 3.05) is 26.9 Å². The monoisotopic (exact) mass is 512 g/mol.